The molecule has 1 amide bonds. The van der Waals surface area contributed by atoms with Crippen LogP contribution in [-0.4, -0.2) is 32.9 Å². The van der Waals surface area contributed by atoms with Crippen LogP contribution in [0.5, 0.6) is 0 Å². The zero-order chi connectivity index (χ0) is 18.3. The predicted molar refractivity (Wildman–Crippen MR) is 101 cm³/mol. The van der Waals surface area contributed by atoms with Crippen molar-refractivity contribution in [3.8, 4) is 0 Å². The fourth-order valence-electron chi connectivity index (χ4n) is 4.09. The normalized spacial score (nSPS) is 24.4. The van der Waals surface area contributed by atoms with Crippen LogP contribution in [0, 0.1) is 6.92 Å². The number of hydrogen-bond acceptors (Lipinski definition) is 5. The molecule has 1 fully saturated rings. The maximum Gasteiger partial charge on any atom is 0.240 e. The van der Waals surface area contributed by atoms with Crippen molar-refractivity contribution in [3.63, 3.8) is 0 Å². The van der Waals surface area contributed by atoms with Crippen LogP contribution in [0.25, 0.3) is 0 Å². The molecule has 4 rings (SSSR count). The molecule has 2 aliphatic rings. The number of nitrogens with zero attached hydrogens (tertiary/aromatic N) is 4. The van der Waals surface area contributed by atoms with Crippen LogP contribution in [0.1, 0.15) is 50.8 Å². The van der Waals surface area contributed by atoms with Crippen molar-refractivity contribution in [1.82, 2.24) is 15.0 Å². The summed E-state index contributed by atoms with van der Waals surface area (Å²) < 4.78 is 0. The second-order valence-electron chi connectivity index (χ2n) is 7.85. The van der Waals surface area contributed by atoms with E-state index in [9.17, 15) is 4.79 Å². The van der Waals surface area contributed by atoms with Crippen molar-refractivity contribution in [2.24, 2.45) is 0 Å². The van der Waals surface area contributed by atoms with Gasteiger partial charge in [0, 0.05) is 24.6 Å². The van der Waals surface area contributed by atoms with E-state index < -0.39 is 5.41 Å². The Kier molecular flexibility index (Phi) is 4.13. The molecule has 2 aromatic heterocycles. The summed E-state index contributed by atoms with van der Waals surface area (Å²) in [7, 11) is 0. The monoisotopic (exact) mass is 351 g/mol. The molecule has 26 heavy (non-hydrogen) atoms. The highest BCUT2D eigenvalue weighted by molar-refractivity contribution is 6.06. The molecule has 0 saturated heterocycles. The van der Waals surface area contributed by atoms with E-state index in [0.717, 1.165) is 48.6 Å². The Balaban J connectivity index is 1.66. The third-order valence-corrected chi connectivity index (χ3v) is 5.56. The summed E-state index contributed by atoms with van der Waals surface area (Å²) in [4.78, 5) is 28.6. The molecular formula is C20H25N5O. The van der Waals surface area contributed by atoms with E-state index in [4.69, 9.17) is 0 Å². The number of rotatable bonds is 3. The molecular weight excluding hydrogens is 326 g/mol. The predicted octanol–water partition coefficient (Wildman–Crippen LogP) is 3.23. The van der Waals surface area contributed by atoms with Gasteiger partial charge in [-0.2, -0.15) is 0 Å². The molecule has 1 aliphatic heterocycles. The largest absolute Gasteiger partial charge is 0.365 e. The summed E-state index contributed by atoms with van der Waals surface area (Å²) >= 11 is 0. The fourth-order valence-corrected chi connectivity index (χ4v) is 4.09. The van der Waals surface area contributed by atoms with Crippen molar-refractivity contribution in [1.29, 1.82) is 0 Å². The fraction of sp³-hybridized carbons (Fsp3) is 0.500. The molecule has 3 heterocycles. The maximum absolute atomic E-state index is 13.2. The number of pyridine rings is 1. The van der Waals surface area contributed by atoms with Gasteiger partial charge in [0.15, 0.2) is 5.82 Å². The second kappa shape index (κ2) is 6.34. The summed E-state index contributed by atoms with van der Waals surface area (Å²) in [6, 6.07) is 4.28. The Bertz CT molecular complexity index is 817. The molecule has 136 valence electrons. The van der Waals surface area contributed by atoms with Gasteiger partial charge in [0.2, 0.25) is 5.91 Å². The lowest BCUT2D eigenvalue weighted by Gasteiger charge is -2.38. The van der Waals surface area contributed by atoms with E-state index in [1.807, 2.05) is 37.9 Å². The highest BCUT2D eigenvalue weighted by atomic mass is 16.2. The smallest absolute Gasteiger partial charge is 0.240 e. The number of aryl methyl sites for hydroxylation is 1. The Morgan fingerprint density at radius 2 is 1.88 bits per heavy atom. The van der Waals surface area contributed by atoms with Crippen molar-refractivity contribution in [2.45, 2.75) is 64.0 Å². The molecule has 2 atom stereocenters. The Morgan fingerprint density at radius 3 is 2.65 bits per heavy atom. The number of carbonyl (C=O) groups is 1. The third-order valence-electron chi connectivity index (χ3n) is 5.56. The second-order valence-corrected chi connectivity index (χ2v) is 7.85. The topological polar surface area (TPSA) is 71.0 Å². The van der Waals surface area contributed by atoms with Crippen LogP contribution in [0.15, 0.2) is 30.7 Å². The minimum absolute atomic E-state index is 0.0663. The van der Waals surface area contributed by atoms with E-state index in [0.29, 0.717) is 0 Å². The van der Waals surface area contributed by atoms with Crippen LogP contribution in [0.3, 0.4) is 0 Å². The number of anilines is 2. The van der Waals surface area contributed by atoms with Gasteiger partial charge in [-0.25, -0.2) is 9.97 Å². The van der Waals surface area contributed by atoms with Crippen LogP contribution in [0.4, 0.5) is 11.6 Å². The minimum atomic E-state index is -0.631. The highest BCUT2D eigenvalue weighted by Gasteiger charge is 2.50. The first kappa shape index (κ1) is 16.9. The maximum atomic E-state index is 13.2. The SMILES string of the molecule is Cc1ccc(NC2CCCCC2N2C(=O)C(C)(C)c3nccnc32)nc1. The number of carbonyl (C=O) groups excluding carboxylic acids is 1. The first-order valence-electron chi connectivity index (χ1n) is 9.33. The van der Waals surface area contributed by atoms with Crippen LogP contribution in [0.2, 0.25) is 0 Å². The standard InChI is InChI=1S/C20H25N5O/c1-13-8-9-16(23-12-13)24-14-6-4-5-7-15(14)25-18-17(21-10-11-22-18)20(2,3)19(25)26/h8-12,14-15H,4-7H2,1-3H3,(H,23,24). The molecule has 6 heteroatoms. The Hall–Kier alpha value is -2.50. The number of amides is 1. The molecule has 1 N–H and O–H groups in total. The van der Waals surface area contributed by atoms with Crippen molar-refractivity contribution in [3.05, 3.63) is 42.0 Å². The summed E-state index contributed by atoms with van der Waals surface area (Å²) in [6.07, 6.45) is 9.45. The molecule has 0 spiro atoms. The molecule has 6 nitrogen and oxygen atoms in total. The third kappa shape index (κ3) is 2.73. The van der Waals surface area contributed by atoms with Gasteiger partial charge in [-0.15, -0.1) is 0 Å². The first-order valence-corrected chi connectivity index (χ1v) is 9.33. The Labute approximate surface area is 154 Å². The number of hydrogen-bond donors (Lipinski definition) is 1. The van der Waals surface area contributed by atoms with Gasteiger partial charge >= 0.3 is 0 Å². The zero-order valence-electron chi connectivity index (χ0n) is 15.6. The molecule has 1 aliphatic carbocycles. The molecule has 2 aromatic rings. The summed E-state index contributed by atoms with van der Waals surface area (Å²) in [6.45, 7) is 5.91. The first-order chi connectivity index (χ1) is 12.5. The average molecular weight is 351 g/mol. The zero-order valence-corrected chi connectivity index (χ0v) is 15.6. The van der Waals surface area contributed by atoms with E-state index in [1.165, 1.54) is 0 Å². The molecule has 0 bridgehead atoms. The van der Waals surface area contributed by atoms with Gasteiger partial charge in [-0.05, 0) is 45.2 Å². The van der Waals surface area contributed by atoms with Crippen LogP contribution in [-0.2, 0) is 10.2 Å². The van der Waals surface area contributed by atoms with Gasteiger partial charge in [-0.3, -0.25) is 14.7 Å². The molecule has 0 aromatic carbocycles. The van der Waals surface area contributed by atoms with Crippen molar-refractivity contribution < 1.29 is 4.79 Å². The number of aromatic nitrogens is 3. The van der Waals surface area contributed by atoms with Crippen molar-refractivity contribution in [2.75, 3.05) is 10.2 Å². The molecule has 1 saturated carbocycles. The summed E-state index contributed by atoms with van der Waals surface area (Å²) in [5.41, 5.74) is 1.28. The van der Waals surface area contributed by atoms with E-state index >= 15 is 0 Å². The van der Waals surface area contributed by atoms with Gasteiger partial charge in [0.1, 0.15) is 5.82 Å². The number of fused-ring (bicyclic) bond motifs is 1. The van der Waals surface area contributed by atoms with Gasteiger partial charge in [-0.1, -0.05) is 18.9 Å². The number of nitrogens with one attached hydrogen (secondary N) is 1. The molecule has 2 unspecified atom stereocenters. The van der Waals surface area contributed by atoms with Crippen LogP contribution < -0.4 is 10.2 Å². The van der Waals surface area contributed by atoms with E-state index in [2.05, 4.69) is 26.3 Å². The quantitative estimate of drug-likeness (QED) is 0.919. The van der Waals surface area contributed by atoms with E-state index in [1.54, 1.807) is 12.4 Å². The lowest BCUT2D eigenvalue weighted by atomic mass is 9.87. The lowest BCUT2D eigenvalue weighted by molar-refractivity contribution is -0.122. The van der Waals surface area contributed by atoms with Crippen molar-refractivity contribution >= 4 is 17.5 Å². The lowest BCUT2D eigenvalue weighted by Crippen LogP contribution is -2.52. The van der Waals surface area contributed by atoms with Gasteiger partial charge in [0.05, 0.1) is 17.2 Å². The van der Waals surface area contributed by atoms with Gasteiger partial charge < -0.3 is 5.32 Å². The van der Waals surface area contributed by atoms with E-state index in [-0.39, 0.29) is 18.0 Å². The molecule has 0 radical (unpaired) electrons. The Morgan fingerprint density at radius 1 is 1.12 bits per heavy atom. The minimum Gasteiger partial charge on any atom is -0.365 e. The van der Waals surface area contributed by atoms with Crippen LogP contribution >= 0.6 is 0 Å². The summed E-state index contributed by atoms with van der Waals surface area (Å²) in [5.74, 6) is 1.67. The van der Waals surface area contributed by atoms with Gasteiger partial charge in [0.25, 0.3) is 0 Å². The average Bonchev–Trinajstić information content (AvgIpc) is 2.85. The summed E-state index contributed by atoms with van der Waals surface area (Å²) in [5, 5.41) is 3.56. The highest BCUT2D eigenvalue weighted by Crippen LogP contribution is 2.42.